The lowest BCUT2D eigenvalue weighted by Gasteiger charge is -2.24. The second kappa shape index (κ2) is 8.12. The summed E-state index contributed by atoms with van der Waals surface area (Å²) < 4.78 is 0. The molecule has 0 unspecified atom stereocenters. The van der Waals surface area contributed by atoms with Crippen molar-refractivity contribution >= 4 is 34.0 Å². The van der Waals surface area contributed by atoms with Crippen molar-refractivity contribution in [3.8, 4) is 6.07 Å². The molecule has 1 aromatic heterocycles. The summed E-state index contributed by atoms with van der Waals surface area (Å²) in [6.07, 6.45) is 3.76. The maximum atomic E-state index is 12.2. The predicted molar refractivity (Wildman–Crippen MR) is 104 cm³/mol. The Morgan fingerprint density at radius 3 is 2.81 bits per heavy atom. The summed E-state index contributed by atoms with van der Waals surface area (Å²) in [7, 11) is 0. The van der Waals surface area contributed by atoms with Gasteiger partial charge in [0.15, 0.2) is 0 Å². The van der Waals surface area contributed by atoms with Crippen LogP contribution < -0.4 is 5.32 Å². The summed E-state index contributed by atoms with van der Waals surface area (Å²) >= 11 is 1.46. The Morgan fingerprint density at radius 1 is 1.44 bits per heavy atom. The Balaban J connectivity index is 1.72. The van der Waals surface area contributed by atoms with Gasteiger partial charge in [0.25, 0.3) is 5.69 Å². The molecular formula is C19H18N4O3S. The molecule has 1 N–H and O–H groups in total. The number of carbonyl (C=O) groups is 1. The van der Waals surface area contributed by atoms with Crippen LogP contribution in [0.3, 0.4) is 0 Å². The summed E-state index contributed by atoms with van der Waals surface area (Å²) in [6.45, 7) is 4.79. The van der Waals surface area contributed by atoms with Gasteiger partial charge in [-0.05, 0) is 42.3 Å². The van der Waals surface area contributed by atoms with Crippen LogP contribution in [0.25, 0.3) is 6.08 Å². The number of thiophene rings is 1. The van der Waals surface area contributed by atoms with E-state index in [0.29, 0.717) is 16.1 Å². The first kappa shape index (κ1) is 18.8. The van der Waals surface area contributed by atoms with Gasteiger partial charge >= 0.3 is 0 Å². The van der Waals surface area contributed by atoms with Gasteiger partial charge in [0.1, 0.15) is 11.1 Å². The molecule has 1 aliphatic rings. The molecule has 3 rings (SSSR count). The Kier molecular flexibility index (Phi) is 5.64. The van der Waals surface area contributed by atoms with E-state index in [4.69, 9.17) is 0 Å². The van der Waals surface area contributed by atoms with Crippen molar-refractivity contribution in [1.29, 1.82) is 5.26 Å². The zero-order valence-electron chi connectivity index (χ0n) is 14.8. The molecule has 138 valence electrons. The molecule has 0 saturated carbocycles. The number of rotatable bonds is 5. The quantitative estimate of drug-likeness (QED) is 0.484. The first-order valence-corrected chi connectivity index (χ1v) is 9.34. The van der Waals surface area contributed by atoms with Crippen LogP contribution in [0.2, 0.25) is 0 Å². The summed E-state index contributed by atoms with van der Waals surface area (Å²) in [5, 5.41) is 23.5. The van der Waals surface area contributed by atoms with E-state index in [0.717, 1.165) is 36.5 Å². The molecule has 1 amide bonds. The van der Waals surface area contributed by atoms with Crippen molar-refractivity contribution in [3.05, 3.63) is 62.0 Å². The molecule has 0 fully saturated rings. The second-order valence-electron chi connectivity index (χ2n) is 6.11. The SMILES string of the molecule is CCN1CCc2c(sc(NC(=O)C=Cc3ccc([N+](=O)[O-])cc3)c2C#N)C1. The Bertz CT molecular complexity index is 941. The van der Waals surface area contributed by atoms with Gasteiger partial charge in [0.2, 0.25) is 5.91 Å². The molecule has 1 aromatic carbocycles. The van der Waals surface area contributed by atoms with Crippen LogP contribution >= 0.6 is 11.3 Å². The van der Waals surface area contributed by atoms with E-state index in [1.807, 2.05) is 0 Å². The highest BCUT2D eigenvalue weighted by Gasteiger charge is 2.24. The number of likely N-dealkylation sites (N-methyl/N-ethyl adjacent to an activating group) is 1. The van der Waals surface area contributed by atoms with Crippen molar-refractivity contribution in [2.75, 3.05) is 18.4 Å². The van der Waals surface area contributed by atoms with Gasteiger partial charge in [-0.25, -0.2) is 0 Å². The minimum Gasteiger partial charge on any atom is -0.313 e. The van der Waals surface area contributed by atoms with Gasteiger partial charge in [-0.2, -0.15) is 5.26 Å². The van der Waals surface area contributed by atoms with Crippen molar-refractivity contribution in [2.24, 2.45) is 0 Å². The fourth-order valence-electron chi connectivity index (χ4n) is 2.97. The first-order chi connectivity index (χ1) is 13.0. The standard InChI is InChI=1S/C19H18N4O3S/c1-2-22-10-9-15-16(11-20)19(27-17(15)12-22)21-18(24)8-5-13-3-6-14(7-4-13)23(25)26/h3-8H,2,9-10,12H2,1H3,(H,21,24). The minimum atomic E-state index is -0.470. The highest BCUT2D eigenvalue weighted by molar-refractivity contribution is 7.16. The lowest BCUT2D eigenvalue weighted by Crippen LogP contribution is -2.29. The van der Waals surface area contributed by atoms with Crippen LogP contribution in [0.4, 0.5) is 10.7 Å². The highest BCUT2D eigenvalue weighted by Crippen LogP contribution is 2.36. The fourth-order valence-corrected chi connectivity index (χ4v) is 4.21. The van der Waals surface area contributed by atoms with Gasteiger partial charge in [0, 0.05) is 36.2 Å². The molecule has 0 aliphatic carbocycles. The number of nitriles is 1. The van der Waals surface area contributed by atoms with Gasteiger partial charge in [0.05, 0.1) is 10.5 Å². The van der Waals surface area contributed by atoms with E-state index in [1.165, 1.54) is 29.5 Å². The predicted octanol–water partition coefficient (Wildman–Crippen LogP) is 3.56. The molecule has 0 spiro atoms. The van der Waals surface area contributed by atoms with Crippen LogP contribution in [0.15, 0.2) is 30.3 Å². The third kappa shape index (κ3) is 4.22. The van der Waals surface area contributed by atoms with Crippen LogP contribution in [0.1, 0.15) is 28.5 Å². The molecule has 0 radical (unpaired) electrons. The molecular weight excluding hydrogens is 364 g/mol. The first-order valence-electron chi connectivity index (χ1n) is 8.52. The number of nitro benzene ring substituents is 1. The van der Waals surface area contributed by atoms with Crippen molar-refractivity contribution in [3.63, 3.8) is 0 Å². The lowest BCUT2D eigenvalue weighted by molar-refractivity contribution is -0.384. The third-order valence-corrected chi connectivity index (χ3v) is 5.59. The van der Waals surface area contributed by atoms with Crippen LogP contribution in [-0.2, 0) is 17.8 Å². The lowest BCUT2D eigenvalue weighted by atomic mass is 10.0. The third-order valence-electron chi connectivity index (χ3n) is 4.46. The number of hydrogen-bond donors (Lipinski definition) is 1. The summed E-state index contributed by atoms with van der Waals surface area (Å²) in [4.78, 5) is 25.9. The highest BCUT2D eigenvalue weighted by atomic mass is 32.1. The summed E-state index contributed by atoms with van der Waals surface area (Å²) in [5.74, 6) is -0.337. The molecule has 27 heavy (non-hydrogen) atoms. The molecule has 7 nitrogen and oxygen atoms in total. The molecule has 2 heterocycles. The topological polar surface area (TPSA) is 99.3 Å². The van der Waals surface area contributed by atoms with E-state index in [-0.39, 0.29) is 11.6 Å². The number of non-ortho nitro benzene ring substituents is 1. The monoisotopic (exact) mass is 382 g/mol. The average molecular weight is 382 g/mol. The average Bonchev–Trinajstić information content (AvgIpc) is 3.02. The minimum absolute atomic E-state index is 0.000512. The number of nitrogens with one attached hydrogen (secondary N) is 1. The number of fused-ring (bicyclic) bond motifs is 1. The number of benzene rings is 1. The van der Waals surface area contributed by atoms with E-state index >= 15 is 0 Å². The smallest absolute Gasteiger partial charge is 0.269 e. The summed E-state index contributed by atoms with van der Waals surface area (Å²) in [5.41, 5.74) is 2.28. The number of hydrogen-bond acceptors (Lipinski definition) is 6. The number of nitro groups is 1. The van der Waals surface area contributed by atoms with Gasteiger partial charge < -0.3 is 5.32 Å². The van der Waals surface area contributed by atoms with Crippen molar-refractivity contribution < 1.29 is 9.72 Å². The van der Waals surface area contributed by atoms with Crippen LogP contribution in [0.5, 0.6) is 0 Å². The number of carbonyl (C=O) groups excluding carboxylic acids is 1. The normalized spacial score (nSPS) is 13.9. The Morgan fingerprint density at radius 2 is 2.19 bits per heavy atom. The molecule has 2 aromatic rings. The van der Waals surface area contributed by atoms with E-state index < -0.39 is 4.92 Å². The molecule has 0 atom stereocenters. The zero-order chi connectivity index (χ0) is 19.4. The Labute approximate surface area is 160 Å². The number of anilines is 1. The number of nitrogens with zero attached hydrogens (tertiary/aromatic N) is 3. The molecule has 0 bridgehead atoms. The van der Waals surface area contributed by atoms with Crippen molar-refractivity contribution in [1.82, 2.24) is 4.90 Å². The van der Waals surface area contributed by atoms with Crippen LogP contribution in [0, 0.1) is 21.4 Å². The maximum absolute atomic E-state index is 12.2. The van der Waals surface area contributed by atoms with Gasteiger partial charge in [-0.15, -0.1) is 11.3 Å². The molecule has 8 heteroatoms. The van der Waals surface area contributed by atoms with Crippen molar-refractivity contribution in [2.45, 2.75) is 19.9 Å². The zero-order valence-corrected chi connectivity index (χ0v) is 15.6. The van der Waals surface area contributed by atoms with Gasteiger partial charge in [-0.3, -0.25) is 19.8 Å². The second-order valence-corrected chi connectivity index (χ2v) is 7.21. The maximum Gasteiger partial charge on any atom is 0.269 e. The number of amides is 1. The van der Waals surface area contributed by atoms with E-state index in [2.05, 4.69) is 23.2 Å². The molecule has 0 saturated heterocycles. The fraction of sp³-hybridized carbons (Fsp3) is 0.263. The van der Waals surface area contributed by atoms with Crippen LogP contribution in [-0.4, -0.2) is 28.8 Å². The summed E-state index contributed by atoms with van der Waals surface area (Å²) in [6, 6.07) is 8.15. The molecule has 1 aliphatic heterocycles. The van der Waals surface area contributed by atoms with Gasteiger partial charge in [-0.1, -0.05) is 6.92 Å². The van der Waals surface area contributed by atoms with E-state index in [1.54, 1.807) is 18.2 Å². The largest absolute Gasteiger partial charge is 0.313 e. The Hall–Kier alpha value is -3.02. The van der Waals surface area contributed by atoms with E-state index in [9.17, 15) is 20.2 Å².